The highest BCUT2D eigenvalue weighted by Gasteiger charge is 2.15. The largest absolute Gasteiger partial charge is 0.347 e. The molecule has 2 aromatic rings. The zero-order valence-corrected chi connectivity index (χ0v) is 13.9. The molecule has 8 heteroatoms. The van der Waals surface area contributed by atoms with E-state index in [2.05, 4.69) is 37.2 Å². The third kappa shape index (κ3) is 3.65. The second-order valence-electron chi connectivity index (χ2n) is 3.84. The molecule has 104 valence electrons. The van der Waals surface area contributed by atoms with Crippen molar-refractivity contribution in [3.8, 4) is 0 Å². The van der Waals surface area contributed by atoms with E-state index >= 15 is 0 Å². The zero-order valence-electron chi connectivity index (χ0n) is 9.93. The first-order valence-electron chi connectivity index (χ1n) is 5.42. The summed E-state index contributed by atoms with van der Waals surface area (Å²) in [5.41, 5.74) is 0.132. The third-order valence-corrected chi connectivity index (χ3v) is 4.84. The lowest BCUT2D eigenvalue weighted by Crippen LogP contribution is -2.22. The highest BCUT2D eigenvalue weighted by Crippen LogP contribution is 2.23. The van der Waals surface area contributed by atoms with Crippen LogP contribution in [0.25, 0.3) is 0 Å². The number of carbonyl (C=O) groups is 1. The fourth-order valence-electron chi connectivity index (χ4n) is 1.51. The standard InChI is InChI=1S/C12H8Br2N2O3S/c13-7-3-9(20-6-7)5-15-12(17)10-4-8(16(18)19)1-2-11(10)14/h1-4,6H,5H2,(H,15,17). The van der Waals surface area contributed by atoms with Crippen molar-refractivity contribution < 1.29 is 9.72 Å². The SMILES string of the molecule is O=C(NCc1cc(Br)cs1)c1cc([N+](=O)[O-])ccc1Br. The summed E-state index contributed by atoms with van der Waals surface area (Å²) in [6.45, 7) is 0.379. The first-order valence-corrected chi connectivity index (χ1v) is 7.89. The number of hydrogen-bond acceptors (Lipinski definition) is 4. The molecule has 0 aliphatic carbocycles. The Morgan fingerprint density at radius 2 is 2.10 bits per heavy atom. The molecule has 0 aliphatic rings. The van der Waals surface area contributed by atoms with Crippen LogP contribution in [0.1, 0.15) is 15.2 Å². The van der Waals surface area contributed by atoms with Crippen LogP contribution in [0.5, 0.6) is 0 Å². The van der Waals surface area contributed by atoms with Gasteiger partial charge < -0.3 is 5.32 Å². The monoisotopic (exact) mass is 418 g/mol. The van der Waals surface area contributed by atoms with Gasteiger partial charge in [0.25, 0.3) is 11.6 Å². The Kier molecular flexibility index (Phi) is 4.90. The summed E-state index contributed by atoms with van der Waals surface area (Å²) in [6.07, 6.45) is 0. The number of rotatable bonds is 4. The van der Waals surface area contributed by atoms with Crippen molar-refractivity contribution in [1.29, 1.82) is 0 Å². The van der Waals surface area contributed by atoms with Gasteiger partial charge in [0.15, 0.2) is 0 Å². The van der Waals surface area contributed by atoms with Gasteiger partial charge in [-0.25, -0.2) is 0 Å². The molecule has 0 aliphatic heterocycles. The molecule has 0 bridgehead atoms. The van der Waals surface area contributed by atoms with Crippen LogP contribution in [0.15, 0.2) is 38.6 Å². The third-order valence-electron chi connectivity index (χ3n) is 2.45. The Hall–Kier alpha value is -1.25. The van der Waals surface area contributed by atoms with Gasteiger partial charge in [-0.05, 0) is 44.0 Å². The Morgan fingerprint density at radius 1 is 1.35 bits per heavy atom. The van der Waals surface area contributed by atoms with Gasteiger partial charge in [0.1, 0.15) is 0 Å². The molecule has 1 heterocycles. The lowest BCUT2D eigenvalue weighted by Gasteiger charge is -2.05. The maximum absolute atomic E-state index is 12.0. The van der Waals surface area contributed by atoms with Crippen LogP contribution in [0, 0.1) is 10.1 Å². The summed E-state index contributed by atoms with van der Waals surface area (Å²) in [5, 5.41) is 15.4. The molecular weight excluding hydrogens is 412 g/mol. The number of carbonyl (C=O) groups excluding carboxylic acids is 1. The van der Waals surface area contributed by atoms with Crippen LogP contribution in [0.3, 0.4) is 0 Å². The van der Waals surface area contributed by atoms with Crippen LogP contribution in [0.4, 0.5) is 5.69 Å². The highest BCUT2D eigenvalue weighted by atomic mass is 79.9. The van der Waals surface area contributed by atoms with Crippen molar-refractivity contribution in [1.82, 2.24) is 5.32 Å². The van der Waals surface area contributed by atoms with Crippen molar-refractivity contribution in [3.63, 3.8) is 0 Å². The van der Waals surface area contributed by atoms with Crippen LogP contribution >= 0.6 is 43.2 Å². The van der Waals surface area contributed by atoms with Crippen LogP contribution in [-0.2, 0) is 6.54 Å². The lowest BCUT2D eigenvalue weighted by atomic mass is 10.2. The number of nitro benzene ring substituents is 1. The number of nitrogens with one attached hydrogen (secondary N) is 1. The zero-order chi connectivity index (χ0) is 14.7. The van der Waals surface area contributed by atoms with Gasteiger partial charge in [-0.15, -0.1) is 11.3 Å². The number of non-ortho nitro benzene ring substituents is 1. The van der Waals surface area contributed by atoms with Gasteiger partial charge in [-0.2, -0.15) is 0 Å². The number of thiophene rings is 1. The number of nitro groups is 1. The van der Waals surface area contributed by atoms with Crippen molar-refractivity contribution >= 4 is 54.8 Å². The molecule has 0 unspecified atom stereocenters. The average Bonchev–Trinajstić information content (AvgIpc) is 2.82. The predicted octanol–water partition coefficient (Wildman–Crippen LogP) is 4.11. The summed E-state index contributed by atoms with van der Waals surface area (Å²) in [4.78, 5) is 23.2. The van der Waals surface area contributed by atoms with E-state index in [1.54, 1.807) is 0 Å². The minimum atomic E-state index is -0.528. The van der Waals surface area contributed by atoms with E-state index in [0.717, 1.165) is 9.35 Å². The van der Waals surface area contributed by atoms with Crippen LogP contribution in [-0.4, -0.2) is 10.8 Å². The first kappa shape index (κ1) is 15.1. The molecule has 20 heavy (non-hydrogen) atoms. The van der Waals surface area contributed by atoms with Gasteiger partial charge in [-0.1, -0.05) is 0 Å². The number of amides is 1. The van der Waals surface area contributed by atoms with Gasteiger partial charge in [0.2, 0.25) is 0 Å². The predicted molar refractivity (Wildman–Crippen MR) is 84.0 cm³/mol. The van der Waals surface area contributed by atoms with E-state index < -0.39 is 4.92 Å². The van der Waals surface area contributed by atoms with Gasteiger partial charge in [0.05, 0.1) is 17.0 Å². The Bertz CT molecular complexity index is 672. The van der Waals surface area contributed by atoms with Crippen molar-refractivity contribution in [3.05, 3.63) is 59.1 Å². The van der Waals surface area contributed by atoms with E-state index in [-0.39, 0.29) is 17.2 Å². The van der Waals surface area contributed by atoms with E-state index in [0.29, 0.717) is 11.0 Å². The molecule has 1 aromatic heterocycles. The molecule has 5 nitrogen and oxygen atoms in total. The number of nitrogens with zero attached hydrogens (tertiary/aromatic N) is 1. The molecule has 0 atom stereocenters. The number of hydrogen-bond donors (Lipinski definition) is 1. The summed E-state index contributed by atoms with van der Waals surface area (Å²) in [5.74, 6) is -0.356. The fourth-order valence-corrected chi connectivity index (χ4v) is 3.33. The maximum atomic E-state index is 12.0. The van der Waals surface area contributed by atoms with Crippen molar-refractivity contribution in [2.75, 3.05) is 0 Å². The summed E-state index contributed by atoms with van der Waals surface area (Å²) in [6, 6.07) is 6.00. The quantitative estimate of drug-likeness (QED) is 0.598. The van der Waals surface area contributed by atoms with Crippen molar-refractivity contribution in [2.24, 2.45) is 0 Å². The lowest BCUT2D eigenvalue weighted by molar-refractivity contribution is -0.384. The average molecular weight is 420 g/mol. The molecule has 0 saturated carbocycles. The Morgan fingerprint density at radius 3 is 2.70 bits per heavy atom. The Balaban J connectivity index is 2.12. The van der Waals surface area contributed by atoms with E-state index in [4.69, 9.17) is 0 Å². The molecule has 1 amide bonds. The van der Waals surface area contributed by atoms with E-state index in [9.17, 15) is 14.9 Å². The summed E-state index contributed by atoms with van der Waals surface area (Å²) < 4.78 is 1.48. The number of halogens is 2. The smallest absolute Gasteiger partial charge is 0.270 e. The normalized spacial score (nSPS) is 10.3. The highest BCUT2D eigenvalue weighted by molar-refractivity contribution is 9.10. The first-order chi connectivity index (χ1) is 9.47. The van der Waals surface area contributed by atoms with Gasteiger partial charge >= 0.3 is 0 Å². The maximum Gasteiger partial charge on any atom is 0.270 e. The number of benzene rings is 1. The molecule has 1 aromatic carbocycles. The summed E-state index contributed by atoms with van der Waals surface area (Å²) in [7, 11) is 0. The minimum Gasteiger partial charge on any atom is -0.347 e. The molecule has 2 rings (SSSR count). The second kappa shape index (κ2) is 6.47. The molecule has 0 radical (unpaired) electrons. The molecule has 0 spiro atoms. The van der Waals surface area contributed by atoms with Crippen LogP contribution in [0.2, 0.25) is 0 Å². The minimum absolute atomic E-state index is 0.114. The molecular formula is C12H8Br2N2O3S. The Labute approximate surface area is 135 Å². The fraction of sp³-hybridized carbons (Fsp3) is 0.0833. The molecule has 0 saturated heterocycles. The molecule has 0 fully saturated rings. The van der Waals surface area contributed by atoms with Crippen molar-refractivity contribution in [2.45, 2.75) is 6.54 Å². The topological polar surface area (TPSA) is 72.2 Å². The summed E-state index contributed by atoms with van der Waals surface area (Å²) >= 11 is 8.08. The van der Waals surface area contributed by atoms with Crippen LogP contribution < -0.4 is 5.32 Å². The van der Waals surface area contributed by atoms with Gasteiger partial charge in [0, 0.05) is 31.3 Å². The molecule has 1 N–H and O–H groups in total. The van der Waals surface area contributed by atoms with E-state index in [1.807, 2.05) is 11.4 Å². The van der Waals surface area contributed by atoms with E-state index in [1.165, 1.54) is 29.5 Å². The second-order valence-corrected chi connectivity index (χ2v) is 6.60. The van der Waals surface area contributed by atoms with Gasteiger partial charge in [-0.3, -0.25) is 14.9 Å².